The topological polar surface area (TPSA) is 138 Å². The zero-order chi connectivity index (χ0) is 26.5. The van der Waals surface area contributed by atoms with Gasteiger partial charge in [0, 0.05) is 11.2 Å². The lowest BCUT2D eigenvalue weighted by Crippen LogP contribution is -2.43. The molecule has 0 aliphatic heterocycles. The van der Waals surface area contributed by atoms with Crippen LogP contribution in [0.15, 0.2) is 64.3 Å². The second-order valence-corrected chi connectivity index (χ2v) is 9.08. The smallest absolute Gasteiger partial charge is 0.326 e. The van der Waals surface area contributed by atoms with Crippen molar-refractivity contribution in [3.63, 3.8) is 0 Å². The van der Waals surface area contributed by atoms with Crippen molar-refractivity contribution in [2.24, 2.45) is 5.92 Å². The summed E-state index contributed by atoms with van der Waals surface area (Å²) in [5, 5.41) is 19.2. The van der Waals surface area contributed by atoms with E-state index < -0.39 is 17.9 Å². The fraction of sp³-hybridized carbons (Fsp3) is 0.296. The molecule has 1 atom stereocenters. The van der Waals surface area contributed by atoms with Gasteiger partial charge in [-0.05, 0) is 42.5 Å². The maximum absolute atomic E-state index is 13.4. The Bertz CT molecular complexity index is 1480. The molecule has 0 radical (unpaired) electrons. The molecular weight excluding hydrogens is 476 g/mol. The number of H-pyrrole nitrogens is 1. The van der Waals surface area contributed by atoms with Gasteiger partial charge in [-0.1, -0.05) is 39.0 Å². The first kappa shape index (κ1) is 25.6. The Morgan fingerprint density at radius 3 is 2.65 bits per heavy atom. The summed E-state index contributed by atoms with van der Waals surface area (Å²) < 4.78 is 13.3. The molecule has 0 saturated carbocycles. The van der Waals surface area contributed by atoms with Crippen molar-refractivity contribution < 1.29 is 28.4 Å². The number of hydrogen-bond acceptors (Lipinski definition) is 6. The predicted molar refractivity (Wildman–Crippen MR) is 135 cm³/mol. The molecule has 0 aliphatic rings. The summed E-state index contributed by atoms with van der Waals surface area (Å²) in [6.45, 7) is 5.30. The van der Waals surface area contributed by atoms with E-state index in [0.717, 1.165) is 5.69 Å². The van der Waals surface area contributed by atoms with E-state index in [-0.39, 0.29) is 18.0 Å². The Labute approximate surface area is 212 Å². The number of aromatic amines is 1. The van der Waals surface area contributed by atoms with E-state index in [0.29, 0.717) is 46.5 Å². The molecule has 0 aliphatic carbocycles. The lowest BCUT2D eigenvalue weighted by Gasteiger charge is -2.17. The SMILES string of the molecule is CCc1cc2c(=O)c(-c3[nH]nc[n+]3-c3ccccc3)coc2cc1OCC(=O)N[C@H](CC(C)C)C(=O)O. The third kappa shape index (κ3) is 5.69. The van der Waals surface area contributed by atoms with Crippen LogP contribution in [0.25, 0.3) is 28.0 Å². The average molecular weight is 506 g/mol. The van der Waals surface area contributed by atoms with E-state index in [4.69, 9.17) is 9.15 Å². The van der Waals surface area contributed by atoms with Gasteiger partial charge in [-0.2, -0.15) is 4.57 Å². The summed E-state index contributed by atoms with van der Waals surface area (Å²) in [5.41, 5.74) is 1.92. The highest BCUT2D eigenvalue weighted by Crippen LogP contribution is 2.27. The first-order chi connectivity index (χ1) is 17.8. The minimum atomic E-state index is -1.09. The predicted octanol–water partition coefficient (Wildman–Crippen LogP) is 3.02. The van der Waals surface area contributed by atoms with Crippen LogP contribution < -0.4 is 20.0 Å². The van der Waals surface area contributed by atoms with Crippen molar-refractivity contribution in [3.05, 3.63) is 70.8 Å². The number of fused-ring (bicyclic) bond motifs is 1. The second-order valence-electron chi connectivity index (χ2n) is 9.08. The number of carboxylic acid groups (broad SMARTS) is 1. The number of rotatable bonds is 10. The Morgan fingerprint density at radius 2 is 1.97 bits per heavy atom. The summed E-state index contributed by atoms with van der Waals surface area (Å²) in [7, 11) is 0. The van der Waals surface area contributed by atoms with E-state index in [1.54, 1.807) is 23.0 Å². The molecule has 2 aromatic carbocycles. The number of amides is 1. The van der Waals surface area contributed by atoms with Crippen LogP contribution in [0.3, 0.4) is 0 Å². The molecule has 0 fully saturated rings. The number of carbonyl (C=O) groups is 2. The zero-order valence-electron chi connectivity index (χ0n) is 20.9. The number of nitrogens with zero attached hydrogens (tertiary/aromatic N) is 2. The molecule has 0 spiro atoms. The van der Waals surface area contributed by atoms with Gasteiger partial charge in [0.05, 0.1) is 5.39 Å². The van der Waals surface area contributed by atoms with Crippen LogP contribution in [-0.2, 0) is 16.0 Å². The fourth-order valence-corrected chi connectivity index (χ4v) is 4.08. The van der Waals surface area contributed by atoms with Gasteiger partial charge >= 0.3 is 5.97 Å². The molecule has 0 bridgehead atoms. The summed E-state index contributed by atoms with van der Waals surface area (Å²) in [6, 6.07) is 11.8. The van der Waals surface area contributed by atoms with E-state index >= 15 is 0 Å². The molecule has 3 N–H and O–H groups in total. The standard InChI is InChI=1S/C27H28N4O6/c1-4-17-11-19-23(12-22(17)37-14-24(32)29-21(27(34)35)10-16(2)3)36-13-20(25(19)33)26-30-28-15-31(26)18-8-6-5-7-9-18/h5-9,11-13,15-16,21H,4,10,14H2,1-3H3,(H2,29,32,34,35)/p+1/t21-/m1/s1. The molecule has 10 nitrogen and oxygen atoms in total. The van der Waals surface area contributed by atoms with Gasteiger partial charge in [-0.3, -0.25) is 9.59 Å². The molecule has 37 heavy (non-hydrogen) atoms. The van der Waals surface area contributed by atoms with Crippen LogP contribution in [0, 0.1) is 5.92 Å². The van der Waals surface area contributed by atoms with Crippen LogP contribution in [0.2, 0.25) is 0 Å². The first-order valence-electron chi connectivity index (χ1n) is 12.0. The Kier molecular flexibility index (Phi) is 7.66. The molecular formula is C27H29N4O6+. The molecule has 1 amide bonds. The van der Waals surface area contributed by atoms with E-state index in [1.165, 1.54) is 6.26 Å². The van der Waals surface area contributed by atoms with Gasteiger partial charge in [0.1, 0.15) is 34.9 Å². The van der Waals surface area contributed by atoms with Gasteiger partial charge in [0.2, 0.25) is 5.43 Å². The summed E-state index contributed by atoms with van der Waals surface area (Å²) in [4.78, 5) is 37.3. The van der Waals surface area contributed by atoms with E-state index in [2.05, 4.69) is 15.5 Å². The number of ether oxygens (including phenoxy) is 1. The highest BCUT2D eigenvalue weighted by molar-refractivity contribution is 5.85. The van der Waals surface area contributed by atoms with Crippen molar-refractivity contribution >= 4 is 22.8 Å². The van der Waals surface area contributed by atoms with Crippen molar-refractivity contribution in [2.45, 2.75) is 39.7 Å². The third-order valence-electron chi connectivity index (χ3n) is 5.91. The van der Waals surface area contributed by atoms with E-state index in [1.807, 2.05) is 51.1 Å². The lowest BCUT2D eigenvalue weighted by atomic mass is 10.0. The monoisotopic (exact) mass is 505 g/mol. The number of carboxylic acids is 1. The van der Waals surface area contributed by atoms with Gasteiger partial charge in [0.25, 0.3) is 18.1 Å². The lowest BCUT2D eigenvalue weighted by molar-refractivity contribution is -0.584. The number of para-hydroxylation sites is 1. The molecule has 4 aromatic rings. The highest BCUT2D eigenvalue weighted by Gasteiger charge is 2.23. The molecule has 2 heterocycles. The Morgan fingerprint density at radius 1 is 1.22 bits per heavy atom. The molecule has 10 heteroatoms. The molecule has 0 saturated heterocycles. The number of carbonyl (C=O) groups excluding carboxylic acids is 1. The van der Waals surface area contributed by atoms with Crippen LogP contribution in [0.1, 0.15) is 32.8 Å². The summed E-state index contributed by atoms with van der Waals surface area (Å²) >= 11 is 0. The summed E-state index contributed by atoms with van der Waals surface area (Å²) in [6.07, 6.45) is 3.80. The van der Waals surface area contributed by atoms with Crippen molar-refractivity contribution in [3.8, 4) is 22.8 Å². The molecule has 2 aromatic heterocycles. The number of nitrogens with one attached hydrogen (secondary N) is 2. The molecule has 0 unspecified atom stereocenters. The van der Waals surface area contributed by atoms with Crippen LogP contribution >= 0.6 is 0 Å². The van der Waals surface area contributed by atoms with Crippen molar-refractivity contribution in [1.29, 1.82) is 0 Å². The number of hydrogen-bond donors (Lipinski definition) is 3. The van der Waals surface area contributed by atoms with Crippen molar-refractivity contribution in [2.75, 3.05) is 6.61 Å². The minimum absolute atomic E-state index is 0.103. The van der Waals surface area contributed by atoms with E-state index in [9.17, 15) is 19.5 Å². The quantitative estimate of drug-likeness (QED) is 0.282. The number of aromatic nitrogens is 3. The average Bonchev–Trinajstić information content (AvgIpc) is 3.37. The second kappa shape index (κ2) is 11.1. The molecule has 192 valence electrons. The third-order valence-corrected chi connectivity index (χ3v) is 5.91. The normalized spacial score (nSPS) is 12.0. The summed E-state index contributed by atoms with van der Waals surface area (Å²) in [5.74, 6) is -0.669. The van der Waals surface area contributed by atoms with Gasteiger partial charge in [-0.15, -0.1) is 5.10 Å². The van der Waals surface area contributed by atoms with Gasteiger partial charge < -0.3 is 19.6 Å². The number of aryl methyl sites for hydroxylation is 1. The minimum Gasteiger partial charge on any atom is -0.483 e. The maximum Gasteiger partial charge on any atom is 0.326 e. The molecule has 4 rings (SSSR count). The number of benzene rings is 2. The largest absolute Gasteiger partial charge is 0.483 e. The Hall–Kier alpha value is -4.47. The van der Waals surface area contributed by atoms with Gasteiger partial charge in [-0.25, -0.2) is 4.79 Å². The first-order valence-corrected chi connectivity index (χ1v) is 12.0. The van der Waals surface area contributed by atoms with Gasteiger partial charge in [0.15, 0.2) is 6.61 Å². The Balaban J connectivity index is 1.60. The highest BCUT2D eigenvalue weighted by atomic mass is 16.5. The zero-order valence-corrected chi connectivity index (χ0v) is 20.9. The van der Waals surface area contributed by atoms with Crippen LogP contribution in [0.4, 0.5) is 0 Å². The van der Waals surface area contributed by atoms with Crippen LogP contribution in [-0.4, -0.2) is 39.8 Å². The van der Waals surface area contributed by atoms with Crippen LogP contribution in [0.5, 0.6) is 5.75 Å². The van der Waals surface area contributed by atoms with Crippen molar-refractivity contribution in [1.82, 2.24) is 15.5 Å². The maximum atomic E-state index is 13.4. The number of aliphatic carboxylic acids is 1. The fourth-order valence-electron chi connectivity index (χ4n) is 4.08.